The molecule has 1 aromatic carbocycles. The molecule has 0 nitrogen and oxygen atoms in total. The highest BCUT2D eigenvalue weighted by atomic mass is 28.1. The lowest BCUT2D eigenvalue weighted by Crippen LogP contribution is -2.04. The Bertz CT molecular complexity index is 311. The van der Waals surface area contributed by atoms with Crippen molar-refractivity contribution >= 4 is 21.5 Å². The zero-order valence-electron chi connectivity index (χ0n) is 7.83. The van der Waals surface area contributed by atoms with Crippen molar-refractivity contribution in [2.45, 2.75) is 13.3 Å². The Hall–Kier alpha value is -1.08. The molecule has 0 aliphatic carbocycles. The summed E-state index contributed by atoms with van der Waals surface area (Å²) in [6.07, 6.45) is 9.43. The van der Waals surface area contributed by atoms with Crippen LogP contribution in [0.4, 0.5) is 0 Å². The SMILES string of the molecule is CCC=CC=Cc1ccccc1[Si]. The molecular weight excluding hydrogens is 172 g/mol. The molecule has 0 heterocycles. The lowest BCUT2D eigenvalue weighted by molar-refractivity contribution is 1.22. The molecule has 0 spiro atoms. The molecular formula is C12H13Si. The van der Waals surface area contributed by atoms with Gasteiger partial charge in [-0.3, -0.25) is 0 Å². The van der Waals surface area contributed by atoms with Crippen molar-refractivity contribution < 1.29 is 0 Å². The first-order chi connectivity index (χ1) is 6.34. The summed E-state index contributed by atoms with van der Waals surface area (Å²) in [5.41, 5.74) is 1.21. The largest absolute Gasteiger partial charge is 0.0848 e. The summed E-state index contributed by atoms with van der Waals surface area (Å²) in [5.74, 6) is 0. The van der Waals surface area contributed by atoms with E-state index in [0.717, 1.165) is 11.6 Å². The Kier molecular flexibility index (Phi) is 4.26. The summed E-state index contributed by atoms with van der Waals surface area (Å²) in [5, 5.41) is 1.13. The van der Waals surface area contributed by atoms with E-state index in [1.165, 1.54) is 5.56 Å². The van der Waals surface area contributed by atoms with Gasteiger partial charge in [0, 0.05) is 0 Å². The fourth-order valence-electron chi connectivity index (χ4n) is 1.02. The average molecular weight is 185 g/mol. The summed E-state index contributed by atoms with van der Waals surface area (Å²) in [4.78, 5) is 0. The van der Waals surface area contributed by atoms with Crippen molar-refractivity contribution in [3.63, 3.8) is 0 Å². The van der Waals surface area contributed by atoms with Gasteiger partial charge in [-0.2, -0.15) is 0 Å². The van der Waals surface area contributed by atoms with E-state index >= 15 is 0 Å². The molecule has 0 aromatic heterocycles. The van der Waals surface area contributed by atoms with Crippen LogP contribution in [-0.2, 0) is 0 Å². The second kappa shape index (κ2) is 5.54. The molecule has 0 N–H and O–H groups in total. The monoisotopic (exact) mass is 185 g/mol. The highest BCUT2D eigenvalue weighted by molar-refractivity contribution is 6.34. The Morgan fingerprint density at radius 3 is 2.69 bits per heavy atom. The molecule has 3 radical (unpaired) electrons. The van der Waals surface area contributed by atoms with Crippen LogP contribution in [0.5, 0.6) is 0 Å². The average Bonchev–Trinajstić information content (AvgIpc) is 2.15. The predicted molar refractivity (Wildman–Crippen MR) is 60.3 cm³/mol. The highest BCUT2D eigenvalue weighted by Crippen LogP contribution is 1.97. The van der Waals surface area contributed by atoms with Crippen molar-refractivity contribution in [3.05, 3.63) is 48.1 Å². The summed E-state index contributed by atoms with van der Waals surface area (Å²) < 4.78 is 0. The smallest absolute Gasteiger partial charge is 0.0720 e. The van der Waals surface area contributed by atoms with Gasteiger partial charge in [-0.1, -0.05) is 60.7 Å². The van der Waals surface area contributed by atoms with E-state index in [0.29, 0.717) is 0 Å². The summed E-state index contributed by atoms with van der Waals surface area (Å²) >= 11 is 0. The van der Waals surface area contributed by atoms with Crippen LogP contribution >= 0.6 is 0 Å². The van der Waals surface area contributed by atoms with Crippen molar-refractivity contribution in [2.75, 3.05) is 0 Å². The maximum absolute atomic E-state index is 3.54. The molecule has 0 saturated heterocycles. The molecule has 0 unspecified atom stereocenters. The predicted octanol–water partition coefficient (Wildman–Crippen LogP) is 2.46. The minimum absolute atomic E-state index is 1.08. The first kappa shape index (κ1) is 10.0. The summed E-state index contributed by atoms with van der Waals surface area (Å²) in [6.45, 7) is 2.13. The Morgan fingerprint density at radius 2 is 2.00 bits per heavy atom. The molecule has 1 aromatic rings. The van der Waals surface area contributed by atoms with Gasteiger partial charge in [0.15, 0.2) is 0 Å². The second-order valence-corrected chi connectivity index (χ2v) is 3.32. The molecule has 0 bridgehead atoms. The van der Waals surface area contributed by atoms with Gasteiger partial charge in [0.05, 0.1) is 10.2 Å². The molecule has 65 valence electrons. The van der Waals surface area contributed by atoms with E-state index in [1.54, 1.807) is 0 Å². The zero-order chi connectivity index (χ0) is 9.52. The van der Waals surface area contributed by atoms with Gasteiger partial charge in [-0.25, -0.2) is 0 Å². The third kappa shape index (κ3) is 3.43. The number of rotatable bonds is 3. The van der Waals surface area contributed by atoms with Crippen molar-refractivity contribution in [1.82, 2.24) is 0 Å². The van der Waals surface area contributed by atoms with Crippen LogP contribution in [-0.4, -0.2) is 10.2 Å². The van der Waals surface area contributed by atoms with Gasteiger partial charge in [0.25, 0.3) is 0 Å². The Morgan fingerprint density at radius 1 is 1.23 bits per heavy atom. The lowest BCUT2D eigenvalue weighted by atomic mass is 10.2. The normalized spacial score (nSPS) is 11.5. The minimum Gasteiger partial charge on any atom is -0.0848 e. The quantitative estimate of drug-likeness (QED) is 0.501. The third-order valence-corrected chi connectivity index (χ3v) is 2.17. The van der Waals surface area contributed by atoms with Crippen LogP contribution in [0, 0.1) is 0 Å². The van der Waals surface area contributed by atoms with E-state index in [-0.39, 0.29) is 0 Å². The van der Waals surface area contributed by atoms with Crippen molar-refractivity contribution in [1.29, 1.82) is 0 Å². The maximum atomic E-state index is 3.54. The van der Waals surface area contributed by atoms with Crippen molar-refractivity contribution in [2.24, 2.45) is 0 Å². The van der Waals surface area contributed by atoms with E-state index < -0.39 is 0 Å². The van der Waals surface area contributed by atoms with E-state index in [2.05, 4.69) is 47.5 Å². The molecule has 13 heavy (non-hydrogen) atoms. The summed E-state index contributed by atoms with van der Waals surface area (Å²) in [6, 6.07) is 8.17. The number of benzene rings is 1. The van der Waals surface area contributed by atoms with Gasteiger partial charge in [-0.05, 0) is 12.0 Å². The molecule has 0 aliphatic heterocycles. The minimum atomic E-state index is 1.08. The lowest BCUT2D eigenvalue weighted by Gasteiger charge is -1.96. The molecule has 0 atom stereocenters. The molecule has 1 heteroatoms. The Labute approximate surface area is 83.4 Å². The molecule has 0 fully saturated rings. The Balaban J connectivity index is 2.68. The van der Waals surface area contributed by atoms with Crippen LogP contribution in [0.25, 0.3) is 6.08 Å². The zero-order valence-corrected chi connectivity index (χ0v) is 8.83. The third-order valence-electron chi connectivity index (χ3n) is 1.72. The van der Waals surface area contributed by atoms with Gasteiger partial charge >= 0.3 is 0 Å². The number of allylic oxidation sites excluding steroid dienone is 3. The number of hydrogen-bond donors (Lipinski definition) is 0. The van der Waals surface area contributed by atoms with Crippen LogP contribution in [0.15, 0.2) is 42.5 Å². The highest BCUT2D eigenvalue weighted by Gasteiger charge is 1.88. The van der Waals surface area contributed by atoms with Crippen LogP contribution in [0.2, 0.25) is 0 Å². The second-order valence-electron chi connectivity index (χ2n) is 2.78. The standard InChI is InChI=1S/C12H13Si/c1-2-3-4-5-8-11-9-6-7-10-12(11)13/h3-10H,2H2,1H3. The molecule has 0 amide bonds. The topological polar surface area (TPSA) is 0 Å². The van der Waals surface area contributed by atoms with Gasteiger partial charge < -0.3 is 0 Å². The van der Waals surface area contributed by atoms with E-state index in [9.17, 15) is 0 Å². The maximum Gasteiger partial charge on any atom is 0.0720 e. The van der Waals surface area contributed by atoms with Crippen molar-refractivity contribution in [3.8, 4) is 0 Å². The number of hydrogen-bond acceptors (Lipinski definition) is 0. The van der Waals surface area contributed by atoms with Gasteiger partial charge in [-0.15, -0.1) is 0 Å². The van der Waals surface area contributed by atoms with Crippen LogP contribution in [0.1, 0.15) is 18.9 Å². The first-order valence-electron chi connectivity index (χ1n) is 4.48. The molecule has 1 rings (SSSR count). The van der Waals surface area contributed by atoms with Gasteiger partial charge in [0.2, 0.25) is 0 Å². The van der Waals surface area contributed by atoms with Crippen LogP contribution in [0.3, 0.4) is 0 Å². The fraction of sp³-hybridized carbons (Fsp3) is 0.167. The van der Waals surface area contributed by atoms with Gasteiger partial charge in [0.1, 0.15) is 0 Å². The summed E-state index contributed by atoms with van der Waals surface area (Å²) in [7, 11) is 3.54. The molecule has 0 saturated carbocycles. The van der Waals surface area contributed by atoms with Crippen LogP contribution < -0.4 is 5.19 Å². The fourth-order valence-corrected chi connectivity index (χ4v) is 1.28. The van der Waals surface area contributed by atoms with E-state index in [1.807, 2.05) is 18.2 Å². The van der Waals surface area contributed by atoms with E-state index in [4.69, 9.17) is 0 Å². The molecule has 0 aliphatic rings. The first-order valence-corrected chi connectivity index (χ1v) is 4.98.